The lowest BCUT2D eigenvalue weighted by Crippen LogP contribution is -2.50. The van der Waals surface area contributed by atoms with Gasteiger partial charge in [0.15, 0.2) is 0 Å². The van der Waals surface area contributed by atoms with Crippen LogP contribution in [-0.4, -0.2) is 15.1 Å². The van der Waals surface area contributed by atoms with Crippen LogP contribution in [0.15, 0.2) is 42.7 Å². The van der Waals surface area contributed by atoms with Crippen LogP contribution >= 0.6 is 0 Å². The average Bonchev–Trinajstić information content (AvgIpc) is 2.85. The van der Waals surface area contributed by atoms with Crippen LogP contribution in [0.2, 0.25) is 0 Å². The predicted octanol–water partition coefficient (Wildman–Crippen LogP) is 3.02. The van der Waals surface area contributed by atoms with Gasteiger partial charge in [-0.1, -0.05) is 43.2 Å². The normalized spacial score (nSPS) is 26.6. The van der Waals surface area contributed by atoms with Crippen molar-refractivity contribution in [2.24, 2.45) is 12.8 Å². The Morgan fingerprint density at radius 3 is 2.80 bits per heavy atom. The highest BCUT2D eigenvalue weighted by molar-refractivity contribution is 5.25. The zero-order valence-corrected chi connectivity index (χ0v) is 12.1. The van der Waals surface area contributed by atoms with E-state index in [1.807, 2.05) is 19.4 Å². The molecule has 0 radical (unpaired) electrons. The van der Waals surface area contributed by atoms with Gasteiger partial charge < -0.3 is 10.3 Å². The molecule has 3 rings (SSSR count). The minimum Gasteiger partial charge on any atom is -0.338 e. The lowest BCUT2D eigenvalue weighted by Gasteiger charge is -2.41. The summed E-state index contributed by atoms with van der Waals surface area (Å²) in [5.74, 6) is 1.53. The summed E-state index contributed by atoms with van der Waals surface area (Å²) >= 11 is 0. The molecule has 2 unspecified atom stereocenters. The summed E-state index contributed by atoms with van der Waals surface area (Å²) in [6, 6.07) is 10.7. The number of rotatable bonds is 3. The van der Waals surface area contributed by atoms with E-state index in [1.165, 1.54) is 24.8 Å². The van der Waals surface area contributed by atoms with Crippen molar-refractivity contribution in [3.63, 3.8) is 0 Å². The molecule has 106 valence electrons. The molecule has 3 heteroatoms. The van der Waals surface area contributed by atoms with E-state index in [0.29, 0.717) is 5.92 Å². The summed E-state index contributed by atoms with van der Waals surface area (Å²) in [5, 5.41) is 0. The fourth-order valence-electron chi connectivity index (χ4n) is 3.52. The van der Waals surface area contributed by atoms with Gasteiger partial charge in [0.2, 0.25) is 0 Å². The lowest BCUT2D eigenvalue weighted by molar-refractivity contribution is 0.244. The van der Waals surface area contributed by atoms with Crippen molar-refractivity contribution in [1.82, 2.24) is 9.55 Å². The van der Waals surface area contributed by atoms with E-state index < -0.39 is 0 Å². The number of aryl methyl sites for hydroxylation is 1. The average molecular weight is 269 g/mol. The van der Waals surface area contributed by atoms with Crippen LogP contribution in [0.1, 0.15) is 43.0 Å². The number of hydrogen-bond acceptors (Lipinski definition) is 2. The van der Waals surface area contributed by atoms with E-state index in [2.05, 4.69) is 39.9 Å². The molecule has 20 heavy (non-hydrogen) atoms. The highest BCUT2D eigenvalue weighted by atomic mass is 15.0. The molecule has 0 aliphatic heterocycles. The first-order valence-corrected chi connectivity index (χ1v) is 7.49. The topological polar surface area (TPSA) is 43.8 Å². The molecule has 3 nitrogen and oxygen atoms in total. The van der Waals surface area contributed by atoms with Gasteiger partial charge in [0.1, 0.15) is 5.82 Å². The van der Waals surface area contributed by atoms with Crippen molar-refractivity contribution in [1.29, 1.82) is 0 Å². The molecule has 0 spiro atoms. The van der Waals surface area contributed by atoms with Gasteiger partial charge in [-0.3, -0.25) is 0 Å². The molecular weight excluding hydrogens is 246 g/mol. The monoisotopic (exact) mass is 269 g/mol. The molecule has 0 bridgehead atoms. The Morgan fingerprint density at radius 1 is 1.30 bits per heavy atom. The van der Waals surface area contributed by atoms with Gasteiger partial charge >= 0.3 is 0 Å². The van der Waals surface area contributed by atoms with Crippen LogP contribution in [0.3, 0.4) is 0 Å². The molecule has 1 aromatic carbocycles. The first-order valence-electron chi connectivity index (χ1n) is 7.49. The van der Waals surface area contributed by atoms with Gasteiger partial charge in [0.05, 0.1) is 0 Å². The second-order valence-electron chi connectivity index (χ2n) is 6.07. The Hall–Kier alpha value is -1.61. The number of hydrogen-bond donors (Lipinski definition) is 1. The third-order valence-electron chi connectivity index (χ3n) is 4.69. The largest absolute Gasteiger partial charge is 0.338 e. The van der Waals surface area contributed by atoms with Crippen LogP contribution < -0.4 is 5.73 Å². The van der Waals surface area contributed by atoms with E-state index >= 15 is 0 Å². The molecule has 0 saturated heterocycles. The molecule has 2 atom stereocenters. The van der Waals surface area contributed by atoms with E-state index in [1.54, 1.807) is 0 Å². The summed E-state index contributed by atoms with van der Waals surface area (Å²) in [6.45, 7) is 0. The zero-order chi connectivity index (χ0) is 14.0. The van der Waals surface area contributed by atoms with Gasteiger partial charge in [0.25, 0.3) is 0 Å². The predicted molar refractivity (Wildman–Crippen MR) is 81.5 cm³/mol. The Kier molecular flexibility index (Phi) is 3.62. The number of nitrogens with two attached hydrogens (primary N) is 1. The molecule has 1 aliphatic carbocycles. The van der Waals surface area contributed by atoms with Gasteiger partial charge in [0, 0.05) is 37.3 Å². The van der Waals surface area contributed by atoms with Crippen LogP contribution in [0.4, 0.5) is 0 Å². The fourth-order valence-corrected chi connectivity index (χ4v) is 3.52. The van der Waals surface area contributed by atoms with Gasteiger partial charge in [-0.15, -0.1) is 0 Å². The van der Waals surface area contributed by atoms with E-state index in [9.17, 15) is 0 Å². The summed E-state index contributed by atoms with van der Waals surface area (Å²) < 4.78 is 2.09. The van der Waals surface area contributed by atoms with E-state index in [0.717, 1.165) is 18.7 Å². The third kappa shape index (κ3) is 2.50. The van der Waals surface area contributed by atoms with Crippen LogP contribution in [0.25, 0.3) is 0 Å². The molecule has 0 amide bonds. The van der Waals surface area contributed by atoms with E-state index in [4.69, 9.17) is 5.73 Å². The maximum atomic E-state index is 6.84. The minimum atomic E-state index is -0.168. The maximum absolute atomic E-state index is 6.84. The Morgan fingerprint density at radius 2 is 2.10 bits per heavy atom. The molecular formula is C17H23N3. The van der Waals surface area contributed by atoms with Crippen LogP contribution in [-0.2, 0) is 13.5 Å². The zero-order valence-electron chi connectivity index (χ0n) is 12.1. The number of benzene rings is 1. The summed E-state index contributed by atoms with van der Waals surface area (Å²) in [4.78, 5) is 4.47. The maximum Gasteiger partial charge on any atom is 0.110 e. The summed E-state index contributed by atoms with van der Waals surface area (Å²) in [6.07, 6.45) is 9.49. The third-order valence-corrected chi connectivity index (χ3v) is 4.69. The SMILES string of the molecule is Cn1ccnc1CC1(N)CCCCC1c1ccccc1. The first kappa shape index (κ1) is 13.4. The van der Waals surface area contributed by atoms with Crippen molar-refractivity contribution in [2.75, 3.05) is 0 Å². The highest BCUT2D eigenvalue weighted by Crippen LogP contribution is 2.40. The number of imidazole rings is 1. The first-order chi connectivity index (χ1) is 9.69. The second-order valence-corrected chi connectivity index (χ2v) is 6.07. The van der Waals surface area contributed by atoms with Gasteiger partial charge in [-0.25, -0.2) is 4.98 Å². The van der Waals surface area contributed by atoms with Crippen molar-refractivity contribution in [3.05, 3.63) is 54.1 Å². The molecule has 1 aliphatic rings. The summed E-state index contributed by atoms with van der Waals surface area (Å²) in [7, 11) is 2.05. The Balaban J connectivity index is 1.89. The smallest absolute Gasteiger partial charge is 0.110 e. The van der Waals surface area contributed by atoms with Crippen LogP contribution in [0.5, 0.6) is 0 Å². The van der Waals surface area contributed by atoms with Crippen LogP contribution in [0, 0.1) is 0 Å². The van der Waals surface area contributed by atoms with Crippen molar-refractivity contribution in [3.8, 4) is 0 Å². The van der Waals surface area contributed by atoms with E-state index in [-0.39, 0.29) is 5.54 Å². The van der Waals surface area contributed by atoms with Gasteiger partial charge in [-0.2, -0.15) is 0 Å². The number of nitrogens with zero attached hydrogens (tertiary/aromatic N) is 2. The molecule has 1 heterocycles. The quantitative estimate of drug-likeness (QED) is 0.931. The summed E-state index contributed by atoms with van der Waals surface area (Å²) in [5.41, 5.74) is 8.05. The minimum absolute atomic E-state index is 0.168. The molecule has 2 aromatic rings. The lowest BCUT2D eigenvalue weighted by atomic mass is 9.68. The molecule has 1 aromatic heterocycles. The second kappa shape index (κ2) is 5.41. The van der Waals surface area contributed by atoms with Crippen molar-refractivity contribution in [2.45, 2.75) is 43.6 Å². The Labute approximate surface area is 120 Å². The van der Waals surface area contributed by atoms with Crippen molar-refractivity contribution >= 4 is 0 Å². The Bertz CT molecular complexity index is 561. The molecule has 1 fully saturated rings. The standard InChI is InChI=1S/C17H23N3/c1-20-12-11-19-16(20)13-17(18)10-6-5-9-15(17)14-7-3-2-4-8-14/h2-4,7-8,11-12,15H,5-6,9-10,13,18H2,1H3. The van der Waals surface area contributed by atoms with Gasteiger partial charge in [-0.05, 0) is 18.4 Å². The number of aromatic nitrogens is 2. The molecule has 1 saturated carbocycles. The van der Waals surface area contributed by atoms with Crippen molar-refractivity contribution < 1.29 is 0 Å². The molecule has 2 N–H and O–H groups in total. The fraction of sp³-hybridized carbons (Fsp3) is 0.471. The highest BCUT2D eigenvalue weighted by Gasteiger charge is 2.38.